The number of pyridine rings is 1. The van der Waals surface area contributed by atoms with Gasteiger partial charge in [0.05, 0.1) is 4.90 Å². The van der Waals surface area contributed by atoms with E-state index in [0.717, 1.165) is 76.8 Å². The summed E-state index contributed by atoms with van der Waals surface area (Å²) in [5, 5.41) is 1.86. The number of piperazine rings is 1. The van der Waals surface area contributed by atoms with Crippen molar-refractivity contribution in [1.82, 2.24) is 23.7 Å². The van der Waals surface area contributed by atoms with Gasteiger partial charge in [-0.3, -0.25) is 4.90 Å². The molecule has 7 nitrogen and oxygen atoms in total. The Labute approximate surface area is 252 Å². The molecule has 1 saturated heterocycles. The molecule has 0 unspecified atom stereocenters. The van der Waals surface area contributed by atoms with Crippen LogP contribution in [0.4, 0.5) is 0 Å². The molecule has 3 aromatic carbocycles. The second kappa shape index (κ2) is 10.8. The fraction of sp³-hybridized carbons (Fsp3) is 0.229. The molecule has 1 N–H and O–H groups in total. The highest BCUT2D eigenvalue weighted by molar-refractivity contribution is 7.90. The minimum atomic E-state index is -3.87. The number of fused-ring (bicyclic) bond motifs is 2. The molecule has 1 fully saturated rings. The largest absolute Gasteiger partial charge is 0.361 e. The molecular weight excluding hydrogens is 554 g/mol. The Morgan fingerprint density at radius 1 is 0.837 bits per heavy atom. The lowest BCUT2D eigenvalue weighted by Gasteiger charge is -2.32. The van der Waals surface area contributed by atoms with E-state index < -0.39 is 10.0 Å². The highest BCUT2D eigenvalue weighted by Crippen LogP contribution is 2.36. The van der Waals surface area contributed by atoms with Gasteiger partial charge in [-0.2, -0.15) is 0 Å². The molecule has 7 rings (SSSR count). The normalized spacial score (nSPS) is 15.0. The molecule has 0 bridgehead atoms. The van der Waals surface area contributed by atoms with Gasteiger partial charge in [-0.1, -0.05) is 42.0 Å². The molecule has 0 amide bonds. The van der Waals surface area contributed by atoms with E-state index in [9.17, 15) is 8.42 Å². The molecule has 218 valence electrons. The maximum absolute atomic E-state index is 13.9. The summed E-state index contributed by atoms with van der Waals surface area (Å²) in [5.74, 6) is 0. The van der Waals surface area contributed by atoms with E-state index in [0.29, 0.717) is 5.65 Å². The standard InChI is InChI=1S/C35H35N5O2S/c1-24-4-9-31(10-5-24)43(41,42)40-23-33(27-8-11-34-28(19-27)12-13-36-34)32-20-30(21-37-35(32)40)26-6-7-29(25(2)18-26)22-39-16-14-38(3)15-17-39/h4-13,18-21,23,36H,14-17,22H2,1-3H3. The van der Waals surface area contributed by atoms with Gasteiger partial charge in [-0.25, -0.2) is 17.4 Å². The predicted molar refractivity (Wildman–Crippen MR) is 174 cm³/mol. The molecule has 43 heavy (non-hydrogen) atoms. The van der Waals surface area contributed by atoms with Crippen molar-refractivity contribution in [3.63, 3.8) is 0 Å². The summed E-state index contributed by atoms with van der Waals surface area (Å²) in [6.07, 6.45) is 5.42. The molecule has 4 heterocycles. The number of likely N-dealkylation sites (N-methyl/N-ethyl adjacent to an activating group) is 1. The van der Waals surface area contributed by atoms with Gasteiger partial charge in [0.2, 0.25) is 0 Å². The summed E-state index contributed by atoms with van der Waals surface area (Å²) < 4.78 is 29.1. The van der Waals surface area contributed by atoms with Gasteiger partial charge in [0.1, 0.15) is 0 Å². The van der Waals surface area contributed by atoms with Crippen molar-refractivity contribution >= 4 is 32.0 Å². The first-order valence-electron chi connectivity index (χ1n) is 14.7. The van der Waals surface area contributed by atoms with Crippen LogP contribution in [0, 0.1) is 13.8 Å². The van der Waals surface area contributed by atoms with E-state index in [4.69, 9.17) is 4.98 Å². The molecule has 3 aromatic heterocycles. The highest BCUT2D eigenvalue weighted by Gasteiger charge is 2.24. The van der Waals surface area contributed by atoms with Crippen LogP contribution < -0.4 is 0 Å². The van der Waals surface area contributed by atoms with Crippen molar-refractivity contribution in [2.45, 2.75) is 25.3 Å². The van der Waals surface area contributed by atoms with Crippen LogP contribution in [0.2, 0.25) is 0 Å². The van der Waals surface area contributed by atoms with Gasteiger partial charge in [0.25, 0.3) is 10.0 Å². The Balaban J connectivity index is 1.32. The van der Waals surface area contributed by atoms with Gasteiger partial charge in [-0.05, 0) is 84.9 Å². The maximum atomic E-state index is 13.9. The number of nitrogens with one attached hydrogen (secondary N) is 1. The first-order chi connectivity index (χ1) is 20.8. The molecule has 0 spiro atoms. The second-order valence-corrected chi connectivity index (χ2v) is 13.6. The average Bonchev–Trinajstić information content (AvgIpc) is 3.64. The zero-order valence-electron chi connectivity index (χ0n) is 24.7. The fourth-order valence-corrected chi connectivity index (χ4v) is 7.32. The van der Waals surface area contributed by atoms with Crippen LogP contribution in [0.15, 0.2) is 96.3 Å². The van der Waals surface area contributed by atoms with Gasteiger partial charge in [0, 0.05) is 73.3 Å². The van der Waals surface area contributed by atoms with E-state index >= 15 is 0 Å². The summed E-state index contributed by atoms with van der Waals surface area (Å²) in [5.41, 5.74) is 8.81. The first-order valence-corrected chi connectivity index (χ1v) is 16.1. The number of benzene rings is 3. The van der Waals surface area contributed by atoms with E-state index in [1.54, 1.807) is 24.5 Å². The van der Waals surface area contributed by atoms with Crippen LogP contribution in [-0.4, -0.2) is 65.4 Å². The lowest BCUT2D eigenvalue weighted by atomic mass is 9.98. The summed E-state index contributed by atoms with van der Waals surface area (Å²) in [7, 11) is -1.69. The molecule has 1 aliphatic rings. The highest BCUT2D eigenvalue weighted by atomic mass is 32.2. The summed E-state index contributed by atoms with van der Waals surface area (Å²) in [6.45, 7) is 9.42. The Hall–Kier alpha value is -4.24. The lowest BCUT2D eigenvalue weighted by molar-refractivity contribution is 0.148. The number of rotatable bonds is 6. The average molecular weight is 590 g/mol. The number of aromatic nitrogens is 3. The van der Waals surface area contributed by atoms with Crippen molar-refractivity contribution in [3.8, 4) is 22.3 Å². The van der Waals surface area contributed by atoms with E-state index in [2.05, 4.69) is 59.1 Å². The molecule has 0 atom stereocenters. The van der Waals surface area contributed by atoms with Crippen molar-refractivity contribution in [1.29, 1.82) is 0 Å². The van der Waals surface area contributed by atoms with Gasteiger partial charge < -0.3 is 9.88 Å². The third kappa shape index (κ3) is 5.16. The van der Waals surface area contributed by atoms with E-state index in [1.165, 1.54) is 15.1 Å². The first kappa shape index (κ1) is 27.6. The number of aromatic amines is 1. The van der Waals surface area contributed by atoms with Crippen LogP contribution in [-0.2, 0) is 16.6 Å². The maximum Gasteiger partial charge on any atom is 0.269 e. The third-order valence-corrected chi connectivity index (χ3v) is 10.4. The smallest absolute Gasteiger partial charge is 0.269 e. The fourth-order valence-electron chi connectivity index (χ4n) is 5.99. The summed E-state index contributed by atoms with van der Waals surface area (Å²) in [6, 6.07) is 23.8. The second-order valence-electron chi connectivity index (χ2n) is 11.8. The number of nitrogens with zero attached hydrogens (tertiary/aromatic N) is 4. The van der Waals surface area contributed by atoms with Crippen molar-refractivity contribution in [3.05, 3.63) is 108 Å². The topological polar surface area (TPSA) is 74.2 Å². The van der Waals surface area contributed by atoms with Gasteiger partial charge in [0.15, 0.2) is 5.65 Å². The number of aryl methyl sites for hydroxylation is 2. The molecule has 6 aromatic rings. The third-order valence-electron chi connectivity index (χ3n) is 8.72. The van der Waals surface area contributed by atoms with Gasteiger partial charge in [-0.15, -0.1) is 0 Å². The van der Waals surface area contributed by atoms with Gasteiger partial charge >= 0.3 is 0 Å². The monoisotopic (exact) mass is 589 g/mol. The van der Waals surface area contributed by atoms with Crippen LogP contribution in [0.5, 0.6) is 0 Å². The van der Waals surface area contributed by atoms with Crippen molar-refractivity contribution in [2.24, 2.45) is 0 Å². The van der Waals surface area contributed by atoms with Crippen LogP contribution >= 0.6 is 0 Å². The van der Waals surface area contributed by atoms with Crippen LogP contribution in [0.3, 0.4) is 0 Å². The predicted octanol–water partition coefficient (Wildman–Crippen LogP) is 6.45. The molecular formula is C35H35N5O2S. The quantitative estimate of drug-likeness (QED) is 0.242. The molecule has 8 heteroatoms. The molecule has 0 saturated carbocycles. The number of H-pyrrole nitrogens is 1. The Morgan fingerprint density at radius 3 is 2.37 bits per heavy atom. The van der Waals surface area contributed by atoms with Crippen LogP contribution in [0.25, 0.3) is 44.2 Å². The lowest BCUT2D eigenvalue weighted by Crippen LogP contribution is -2.43. The Bertz CT molecular complexity index is 2070. The SMILES string of the molecule is Cc1ccc(S(=O)(=O)n2cc(-c3ccc4[nH]ccc4c3)c3cc(-c4ccc(CN5CCN(C)CC5)c(C)c4)cnc32)cc1. The van der Waals surface area contributed by atoms with E-state index in [1.807, 2.05) is 43.5 Å². The van der Waals surface area contributed by atoms with Crippen molar-refractivity contribution < 1.29 is 8.42 Å². The Kier molecular flexibility index (Phi) is 6.92. The molecule has 0 radical (unpaired) electrons. The zero-order valence-corrected chi connectivity index (χ0v) is 25.5. The molecule has 1 aliphatic heterocycles. The van der Waals surface area contributed by atoms with Crippen LogP contribution in [0.1, 0.15) is 16.7 Å². The zero-order chi connectivity index (χ0) is 29.7. The summed E-state index contributed by atoms with van der Waals surface area (Å²) in [4.78, 5) is 13.1. The molecule has 0 aliphatic carbocycles. The Morgan fingerprint density at radius 2 is 1.60 bits per heavy atom. The minimum Gasteiger partial charge on any atom is -0.361 e. The summed E-state index contributed by atoms with van der Waals surface area (Å²) >= 11 is 0. The number of hydrogen-bond donors (Lipinski definition) is 1. The minimum absolute atomic E-state index is 0.236. The van der Waals surface area contributed by atoms with E-state index in [-0.39, 0.29) is 4.90 Å². The van der Waals surface area contributed by atoms with Crippen molar-refractivity contribution in [2.75, 3.05) is 33.2 Å². The number of hydrogen-bond acceptors (Lipinski definition) is 5.